The lowest BCUT2D eigenvalue weighted by Crippen LogP contribution is -2.37. The normalized spacial score (nSPS) is 15.3. The molecule has 16 heavy (non-hydrogen) atoms. The molecule has 2 heterocycles. The Balaban J connectivity index is 2.10. The summed E-state index contributed by atoms with van der Waals surface area (Å²) >= 11 is 0. The second-order valence-corrected chi connectivity index (χ2v) is 4.70. The molecular weight excluding hydrogens is 206 g/mol. The highest BCUT2D eigenvalue weighted by Crippen LogP contribution is 2.15. The van der Waals surface area contributed by atoms with Crippen LogP contribution in [-0.4, -0.2) is 27.5 Å². The summed E-state index contributed by atoms with van der Waals surface area (Å²) in [6.45, 7) is 5.19. The summed E-state index contributed by atoms with van der Waals surface area (Å²) in [6.07, 6.45) is 1.29. The van der Waals surface area contributed by atoms with Gasteiger partial charge < -0.3 is 10.00 Å². The van der Waals surface area contributed by atoms with E-state index in [1.165, 1.54) is 0 Å². The lowest BCUT2D eigenvalue weighted by molar-refractivity contribution is -0.132. The summed E-state index contributed by atoms with van der Waals surface area (Å²) in [5.41, 5.74) is 1.55. The molecule has 1 aliphatic rings. The van der Waals surface area contributed by atoms with E-state index in [9.17, 15) is 9.59 Å². The summed E-state index contributed by atoms with van der Waals surface area (Å²) in [4.78, 5) is 25.1. The van der Waals surface area contributed by atoms with Crippen LogP contribution in [0, 0.1) is 5.92 Å². The maximum atomic E-state index is 11.9. The molecular formula is C11H17N3O2. The van der Waals surface area contributed by atoms with Crippen molar-refractivity contribution in [3.8, 4) is 0 Å². The van der Waals surface area contributed by atoms with E-state index in [1.807, 2.05) is 13.8 Å². The molecule has 0 saturated carbocycles. The smallest absolute Gasteiger partial charge is 0.269 e. The van der Waals surface area contributed by atoms with Crippen LogP contribution in [0.4, 0.5) is 0 Å². The topological polar surface area (TPSA) is 69.0 Å². The number of rotatable bonds is 2. The highest BCUT2D eigenvalue weighted by atomic mass is 16.2. The number of aromatic amines is 2. The number of hydrogen-bond donors (Lipinski definition) is 2. The Labute approximate surface area is 93.8 Å². The number of amides is 1. The predicted molar refractivity (Wildman–Crippen MR) is 60.0 cm³/mol. The van der Waals surface area contributed by atoms with Crippen LogP contribution in [0.3, 0.4) is 0 Å². The highest BCUT2D eigenvalue weighted by Gasteiger charge is 2.24. The van der Waals surface area contributed by atoms with Gasteiger partial charge in [-0.1, -0.05) is 13.8 Å². The first kappa shape index (κ1) is 11.0. The number of H-pyrrole nitrogens is 2. The minimum Gasteiger partial charge on any atom is -0.338 e. The lowest BCUT2D eigenvalue weighted by atomic mass is 10.1. The molecule has 1 aromatic heterocycles. The number of aromatic nitrogens is 2. The van der Waals surface area contributed by atoms with Gasteiger partial charge in [0.15, 0.2) is 0 Å². The molecule has 0 spiro atoms. The van der Waals surface area contributed by atoms with Crippen LogP contribution in [-0.2, 0) is 17.8 Å². The third-order valence-electron chi connectivity index (χ3n) is 2.88. The number of fused-ring (bicyclic) bond motifs is 1. The molecule has 0 aromatic carbocycles. The van der Waals surface area contributed by atoms with Crippen molar-refractivity contribution in [3.05, 3.63) is 21.6 Å². The Morgan fingerprint density at radius 1 is 1.44 bits per heavy atom. The fourth-order valence-electron chi connectivity index (χ4n) is 2.01. The van der Waals surface area contributed by atoms with Crippen molar-refractivity contribution < 1.29 is 4.79 Å². The van der Waals surface area contributed by atoms with E-state index in [4.69, 9.17) is 0 Å². The number of nitrogens with zero attached hydrogens (tertiary/aromatic N) is 1. The van der Waals surface area contributed by atoms with E-state index in [1.54, 1.807) is 4.90 Å². The molecule has 0 radical (unpaired) electrons. The molecule has 0 fully saturated rings. The summed E-state index contributed by atoms with van der Waals surface area (Å²) in [5, 5.41) is 5.41. The molecule has 0 bridgehead atoms. The van der Waals surface area contributed by atoms with Crippen LogP contribution >= 0.6 is 0 Å². The van der Waals surface area contributed by atoms with Crippen molar-refractivity contribution >= 4 is 5.91 Å². The molecule has 5 heteroatoms. The number of carbonyl (C=O) groups is 1. The fraction of sp³-hybridized carbons (Fsp3) is 0.636. The van der Waals surface area contributed by atoms with E-state index >= 15 is 0 Å². The number of hydrogen-bond acceptors (Lipinski definition) is 2. The third-order valence-corrected chi connectivity index (χ3v) is 2.88. The van der Waals surface area contributed by atoms with Crippen LogP contribution in [0.15, 0.2) is 4.79 Å². The second-order valence-electron chi connectivity index (χ2n) is 4.70. The van der Waals surface area contributed by atoms with Crippen LogP contribution in [0.1, 0.15) is 31.5 Å². The highest BCUT2D eigenvalue weighted by molar-refractivity contribution is 5.76. The molecule has 5 nitrogen and oxygen atoms in total. The Hall–Kier alpha value is -1.52. The van der Waals surface area contributed by atoms with Gasteiger partial charge in [0.2, 0.25) is 5.91 Å². The first-order valence-electron chi connectivity index (χ1n) is 5.64. The minimum absolute atomic E-state index is 0.1000. The Kier molecular flexibility index (Phi) is 2.85. The van der Waals surface area contributed by atoms with Crippen molar-refractivity contribution in [2.24, 2.45) is 5.92 Å². The molecule has 0 aliphatic carbocycles. The van der Waals surface area contributed by atoms with Crippen molar-refractivity contribution in [2.75, 3.05) is 6.54 Å². The molecule has 0 unspecified atom stereocenters. The standard InChI is InChI=1S/C11H17N3O2/c1-7(2)5-10(15)14-4-3-9-8(6-14)11(16)13-12-9/h7H,3-6H2,1-2H3,(H2,12,13,16). The Bertz CT molecular complexity index is 444. The zero-order valence-electron chi connectivity index (χ0n) is 9.67. The average Bonchev–Trinajstić information content (AvgIpc) is 2.59. The number of carbonyl (C=O) groups excluding carboxylic acids is 1. The van der Waals surface area contributed by atoms with Crippen molar-refractivity contribution in [1.82, 2.24) is 15.1 Å². The van der Waals surface area contributed by atoms with Gasteiger partial charge in [0, 0.05) is 25.1 Å². The third kappa shape index (κ3) is 2.03. The van der Waals surface area contributed by atoms with Crippen LogP contribution in [0.5, 0.6) is 0 Å². The zero-order valence-corrected chi connectivity index (χ0v) is 9.67. The quantitative estimate of drug-likeness (QED) is 0.772. The molecule has 88 valence electrons. The van der Waals surface area contributed by atoms with Crippen molar-refractivity contribution in [2.45, 2.75) is 33.2 Å². The van der Waals surface area contributed by atoms with Gasteiger partial charge >= 0.3 is 0 Å². The second kappa shape index (κ2) is 4.15. The molecule has 1 aliphatic heterocycles. The maximum absolute atomic E-state index is 11.9. The summed E-state index contributed by atoms with van der Waals surface area (Å²) in [5.74, 6) is 0.500. The van der Waals surface area contributed by atoms with Crippen LogP contribution in [0.25, 0.3) is 0 Å². The molecule has 0 saturated heterocycles. The minimum atomic E-state index is -0.1000. The summed E-state index contributed by atoms with van der Waals surface area (Å²) in [7, 11) is 0. The van der Waals surface area contributed by atoms with Gasteiger partial charge in [-0.3, -0.25) is 14.7 Å². The van der Waals surface area contributed by atoms with Gasteiger partial charge in [0.1, 0.15) is 0 Å². The van der Waals surface area contributed by atoms with Gasteiger partial charge in [-0.05, 0) is 5.92 Å². The average molecular weight is 223 g/mol. The summed E-state index contributed by atoms with van der Waals surface area (Å²) in [6, 6.07) is 0. The number of nitrogens with one attached hydrogen (secondary N) is 2. The molecule has 1 aromatic rings. The predicted octanol–water partition coefficient (Wildman–Crippen LogP) is 0.634. The largest absolute Gasteiger partial charge is 0.338 e. The molecule has 0 atom stereocenters. The first-order valence-corrected chi connectivity index (χ1v) is 5.64. The monoisotopic (exact) mass is 223 g/mol. The van der Waals surface area contributed by atoms with Gasteiger partial charge in [-0.15, -0.1) is 0 Å². The van der Waals surface area contributed by atoms with Crippen molar-refractivity contribution in [3.63, 3.8) is 0 Å². The Morgan fingerprint density at radius 3 is 2.88 bits per heavy atom. The fourth-order valence-corrected chi connectivity index (χ4v) is 2.01. The van der Waals surface area contributed by atoms with Crippen LogP contribution < -0.4 is 5.56 Å². The first-order chi connectivity index (χ1) is 7.58. The summed E-state index contributed by atoms with van der Waals surface area (Å²) < 4.78 is 0. The van der Waals surface area contributed by atoms with Gasteiger partial charge in [-0.25, -0.2) is 0 Å². The van der Waals surface area contributed by atoms with Gasteiger partial charge in [-0.2, -0.15) is 0 Å². The SMILES string of the molecule is CC(C)CC(=O)N1CCc2[nH][nH]c(=O)c2C1. The molecule has 2 rings (SSSR count). The lowest BCUT2D eigenvalue weighted by Gasteiger charge is -2.26. The van der Waals surface area contributed by atoms with E-state index in [0.717, 1.165) is 12.1 Å². The Morgan fingerprint density at radius 2 is 2.19 bits per heavy atom. The van der Waals surface area contributed by atoms with Gasteiger partial charge in [0.05, 0.1) is 12.1 Å². The molecule has 1 amide bonds. The van der Waals surface area contributed by atoms with E-state index in [2.05, 4.69) is 10.2 Å². The zero-order chi connectivity index (χ0) is 11.7. The van der Waals surface area contributed by atoms with Crippen LogP contribution in [0.2, 0.25) is 0 Å². The van der Waals surface area contributed by atoms with E-state index in [-0.39, 0.29) is 11.5 Å². The maximum Gasteiger partial charge on any atom is 0.269 e. The van der Waals surface area contributed by atoms with Crippen molar-refractivity contribution in [1.29, 1.82) is 0 Å². The van der Waals surface area contributed by atoms with E-state index < -0.39 is 0 Å². The molecule has 2 N–H and O–H groups in total. The van der Waals surface area contributed by atoms with E-state index in [0.29, 0.717) is 31.0 Å². The van der Waals surface area contributed by atoms with Gasteiger partial charge in [0.25, 0.3) is 5.56 Å².